The Morgan fingerprint density at radius 1 is 0.558 bits per heavy atom. The number of likely N-dealkylation sites (N-methyl/N-ethyl adjacent to an activating group) is 1. The number of carbonyl (C=O) groups excluding carboxylic acids is 8. The molecule has 0 spiro atoms. The summed E-state index contributed by atoms with van der Waals surface area (Å²) in [5.74, 6) is -14.0. The Bertz CT molecular complexity index is 4570. The summed E-state index contributed by atoms with van der Waals surface area (Å²) < 4.78 is 24.3. The number of nitrogens with one attached hydrogen (secondary N) is 9. The standard InChI is InChI=1S/C74H77Cl2N9O19/c1-6-7-8-9-10-11-12-21-78-33-44-50(89)32-43-56(64(44)91)42-26-35(14-17-48(42)87)57-69(96)84-62(72(99)83-61(43)67(94)77-5)63(90)37-16-20-52(46(76)27-37)103-55-30-39-29-54(65(55)92)102-51-19-13-34(22-45(51)75)23-47-66(93)80-59(70(97)82-60(39)71(98)81-57)38-24-40(86)31-41(25-38)101-53-28-36(15-18-49(53)88)58(68(95)79-47)85-73(100)104-74(2,3)4/h13-20,22,24-32,47,57-63,78,86-92H,6-12,21,23,33H2,1-5H3,(H,77,94)(H,79,95)(H,80,93)(H,81,98)(H,82,97)(H,83,99)(H,84,96)(H,85,100)/t47-,57-,58-,59-,60-,61-,62-,63?/m0/s1. The van der Waals surface area contributed by atoms with Crippen molar-refractivity contribution in [2.75, 3.05) is 13.6 Å². The minimum absolute atomic E-state index is 0.00169. The molecule has 0 fully saturated rings. The summed E-state index contributed by atoms with van der Waals surface area (Å²) in [6.07, 6.45) is 3.40. The number of hydrogen-bond donors (Lipinski definition) is 16. The van der Waals surface area contributed by atoms with Crippen LogP contribution in [0.25, 0.3) is 11.1 Å². The second kappa shape index (κ2) is 31.2. The Morgan fingerprint density at radius 2 is 1.15 bits per heavy atom. The number of amides is 8. The third-order valence-electron chi connectivity index (χ3n) is 17.9. The van der Waals surface area contributed by atoms with E-state index in [2.05, 4.69) is 54.8 Å². The number of rotatable bonds is 12. The molecule has 6 aliphatic heterocycles. The van der Waals surface area contributed by atoms with Crippen LogP contribution >= 0.6 is 23.2 Å². The Morgan fingerprint density at radius 3 is 1.82 bits per heavy atom. The van der Waals surface area contributed by atoms with E-state index < -0.39 is 154 Å². The molecule has 0 saturated carbocycles. The number of unbranched alkanes of at least 4 members (excludes halogenated alkanes) is 6. The molecule has 7 aromatic rings. The molecule has 104 heavy (non-hydrogen) atoms. The normalized spacial score (nSPS) is 20.2. The molecule has 16 N–H and O–H groups in total. The van der Waals surface area contributed by atoms with Crippen molar-refractivity contribution in [3.8, 4) is 80.1 Å². The Kier molecular flexibility index (Phi) is 22.2. The van der Waals surface area contributed by atoms with Crippen LogP contribution in [0.4, 0.5) is 4.79 Å². The van der Waals surface area contributed by atoms with Crippen LogP contribution in [0.2, 0.25) is 10.0 Å². The molecule has 7 aromatic carbocycles. The van der Waals surface area contributed by atoms with Crippen LogP contribution in [0, 0.1) is 0 Å². The number of aliphatic hydroxyl groups is 1. The van der Waals surface area contributed by atoms with Gasteiger partial charge in [0, 0.05) is 37.2 Å². The molecule has 13 rings (SSSR count). The first-order valence-electron chi connectivity index (χ1n) is 33.5. The maximum Gasteiger partial charge on any atom is 0.408 e. The highest BCUT2D eigenvalue weighted by Crippen LogP contribution is 2.49. The monoisotopic (exact) mass is 1470 g/mol. The van der Waals surface area contributed by atoms with Gasteiger partial charge in [0.25, 0.3) is 0 Å². The van der Waals surface area contributed by atoms with Crippen molar-refractivity contribution in [3.05, 3.63) is 164 Å². The van der Waals surface area contributed by atoms with Gasteiger partial charge in [0.15, 0.2) is 23.0 Å². The van der Waals surface area contributed by atoms with Crippen molar-refractivity contribution in [2.45, 2.75) is 140 Å². The largest absolute Gasteiger partial charge is 0.508 e. The van der Waals surface area contributed by atoms with Crippen molar-refractivity contribution in [2.24, 2.45) is 0 Å². The lowest BCUT2D eigenvalue weighted by Crippen LogP contribution is -2.56. The third-order valence-corrected chi connectivity index (χ3v) is 18.5. The zero-order valence-corrected chi connectivity index (χ0v) is 58.4. The van der Waals surface area contributed by atoms with Gasteiger partial charge >= 0.3 is 6.09 Å². The van der Waals surface area contributed by atoms with Gasteiger partial charge in [-0.15, -0.1) is 0 Å². The SMILES string of the molecule is CCCCCCCCCNCc1c(O)cc2c(c1O)-c1cc(ccc1O)[C@@H]1NC(=O)[C@H]3NC(=O)[C@H]4NC(=O)[C@H](Cc5ccc(c(Cl)c5)Oc5cc3cc(c5O)Oc3ccc(cc3Cl)C(O)[C@H](NC1=O)C(=O)N[C@@H]2C(=O)NC)NC(=O)[C@@H](NC(=O)OC(C)(C)C)c1ccc(O)c(c1)Oc1cc(O)cc4c1. The van der Waals surface area contributed by atoms with Gasteiger partial charge in [-0.1, -0.05) is 92.9 Å². The highest BCUT2D eigenvalue weighted by atomic mass is 35.5. The number of carbonyl (C=O) groups is 8. The van der Waals surface area contributed by atoms with Crippen molar-refractivity contribution >= 4 is 70.6 Å². The minimum Gasteiger partial charge on any atom is -0.508 e. The van der Waals surface area contributed by atoms with Gasteiger partial charge in [-0.05, 0) is 152 Å². The van der Waals surface area contributed by atoms with E-state index in [1.54, 1.807) is 20.8 Å². The third kappa shape index (κ3) is 16.5. The van der Waals surface area contributed by atoms with Crippen LogP contribution in [0.1, 0.15) is 153 Å². The highest BCUT2D eigenvalue weighted by Gasteiger charge is 2.42. The lowest BCUT2D eigenvalue weighted by molar-refractivity contribution is -0.137. The molecule has 0 aromatic heterocycles. The van der Waals surface area contributed by atoms with E-state index in [-0.39, 0.29) is 95.2 Å². The van der Waals surface area contributed by atoms with E-state index in [4.69, 9.17) is 42.1 Å². The van der Waals surface area contributed by atoms with E-state index in [1.807, 2.05) is 0 Å². The second-order valence-electron chi connectivity index (χ2n) is 26.5. The maximum absolute atomic E-state index is 16.1. The number of hydrogen-bond acceptors (Lipinski definition) is 20. The van der Waals surface area contributed by atoms with Gasteiger partial charge < -0.3 is 103 Å². The van der Waals surface area contributed by atoms with Gasteiger partial charge in [-0.3, -0.25) is 33.6 Å². The highest BCUT2D eigenvalue weighted by molar-refractivity contribution is 6.32. The number of benzene rings is 7. The molecule has 1 unspecified atom stereocenters. The van der Waals surface area contributed by atoms with Crippen LogP contribution in [0.5, 0.6) is 69.0 Å². The summed E-state index contributed by atoms with van der Waals surface area (Å²) in [6.45, 7) is 7.17. The topological polar surface area (TPSA) is 423 Å². The van der Waals surface area contributed by atoms with Gasteiger partial charge in [0.2, 0.25) is 47.1 Å². The molecule has 0 radical (unpaired) electrons. The molecule has 30 heteroatoms. The van der Waals surface area contributed by atoms with Crippen LogP contribution in [0.3, 0.4) is 0 Å². The quantitative estimate of drug-likeness (QED) is 0.0507. The zero-order chi connectivity index (χ0) is 74.6. The van der Waals surface area contributed by atoms with Crippen molar-refractivity contribution < 1.29 is 93.0 Å². The number of fused-ring (bicyclic) bond motifs is 14. The number of ether oxygens (including phenoxy) is 4. The Hall–Kier alpha value is -11.2. The lowest BCUT2D eigenvalue weighted by Gasteiger charge is -2.32. The lowest BCUT2D eigenvalue weighted by atomic mass is 9.87. The molecular weight excluding hydrogens is 1390 g/mol. The van der Waals surface area contributed by atoms with Crippen LogP contribution < -0.4 is 62.1 Å². The zero-order valence-electron chi connectivity index (χ0n) is 56.9. The Balaban J connectivity index is 1.10. The van der Waals surface area contributed by atoms with Crippen LogP contribution in [-0.4, -0.2) is 114 Å². The summed E-state index contributed by atoms with van der Waals surface area (Å²) in [5, 5.41) is 107. The number of aromatic hydroxyl groups is 6. The number of phenols is 6. The van der Waals surface area contributed by atoms with E-state index in [9.17, 15) is 50.1 Å². The van der Waals surface area contributed by atoms with E-state index >= 15 is 24.0 Å². The molecule has 8 atom stereocenters. The van der Waals surface area contributed by atoms with E-state index in [1.165, 1.54) is 73.8 Å². The van der Waals surface area contributed by atoms with Gasteiger partial charge in [-0.2, -0.15) is 0 Å². The summed E-state index contributed by atoms with van der Waals surface area (Å²) in [6, 6.07) is 7.73. The molecule has 6 aliphatic rings. The summed E-state index contributed by atoms with van der Waals surface area (Å²) in [5.41, 5.74) is -2.88. The number of aliphatic hydroxyl groups excluding tert-OH is 1. The van der Waals surface area contributed by atoms with E-state index in [0.29, 0.717) is 6.54 Å². The molecule has 0 aliphatic carbocycles. The average molecular weight is 1470 g/mol. The molecule has 0 saturated heterocycles. The fraction of sp³-hybridized carbons (Fsp3) is 0.324. The fourth-order valence-corrected chi connectivity index (χ4v) is 13.1. The first-order chi connectivity index (χ1) is 49.6. The minimum atomic E-state index is -2.20. The Labute approximate surface area is 605 Å². The number of halogens is 2. The van der Waals surface area contributed by atoms with E-state index in [0.717, 1.165) is 87.4 Å². The first kappa shape index (κ1) is 74.0. The molecule has 8 amide bonds. The van der Waals surface area contributed by atoms with Gasteiger partial charge in [0.1, 0.15) is 94.2 Å². The molecular formula is C74H77Cl2N9O19. The molecule has 6 heterocycles. The van der Waals surface area contributed by atoms with Crippen molar-refractivity contribution in [1.29, 1.82) is 0 Å². The van der Waals surface area contributed by atoms with Crippen molar-refractivity contribution in [3.63, 3.8) is 0 Å². The molecule has 546 valence electrons. The molecule has 28 nitrogen and oxygen atoms in total. The molecule has 17 bridgehead atoms. The summed E-state index contributed by atoms with van der Waals surface area (Å²) >= 11 is 13.9. The van der Waals surface area contributed by atoms with Crippen molar-refractivity contribution in [1.82, 2.24) is 47.9 Å². The number of alkyl carbamates (subject to hydrolysis) is 1. The fourth-order valence-electron chi connectivity index (χ4n) is 12.6. The smallest absolute Gasteiger partial charge is 0.408 e. The van der Waals surface area contributed by atoms with Crippen LogP contribution in [0.15, 0.2) is 109 Å². The average Bonchev–Trinajstić information content (AvgIpc) is 0.753. The first-order valence-corrected chi connectivity index (χ1v) is 34.3. The summed E-state index contributed by atoms with van der Waals surface area (Å²) in [7, 11) is 1.24. The summed E-state index contributed by atoms with van der Waals surface area (Å²) in [4.78, 5) is 121. The van der Waals surface area contributed by atoms with Gasteiger partial charge in [0.05, 0.1) is 15.6 Å². The van der Waals surface area contributed by atoms with Crippen LogP contribution in [-0.2, 0) is 51.3 Å². The maximum atomic E-state index is 16.1. The number of phenolic OH excluding ortho intramolecular Hbond substituents is 6. The van der Waals surface area contributed by atoms with Gasteiger partial charge in [-0.25, -0.2) is 4.79 Å². The second-order valence-corrected chi connectivity index (χ2v) is 27.3. The predicted molar refractivity (Wildman–Crippen MR) is 376 cm³/mol. The predicted octanol–water partition coefficient (Wildman–Crippen LogP) is 9.05.